The molecule has 0 spiro atoms. The maximum atomic E-state index is 6.07. The van der Waals surface area contributed by atoms with E-state index in [2.05, 4.69) is 22.4 Å². The summed E-state index contributed by atoms with van der Waals surface area (Å²) >= 11 is 0. The molecule has 19 heavy (non-hydrogen) atoms. The van der Waals surface area contributed by atoms with Crippen molar-refractivity contribution in [2.45, 2.75) is 31.7 Å². The molecule has 6 heteroatoms. The molecule has 0 bridgehead atoms. The van der Waals surface area contributed by atoms with Gasteiger partial charge in [-0.2, -0.15) is 0 Å². The summed E-state index contributed by atoms with van der Waals surface area (Å²) in [6, 6.07) is 5.56. The Bertz CT molecular complexity index is 603. The molecule has 1 fully saturated rings. The topological polar surface area (TPSA) is 78.8 Å². The molecule has 0 aliphatic heterocycles. The summed E-state index contributed by atoms with van der Waals surface area (Å²) in [7, 11) is 1.62. The fraction of sp³-hybridized carbons (Fsp3) is 0.462. The SMILES string of the molecule is COc1cccc(N)c1-c1nnnn1C1(C)CCC1. The summed E-state index contributed by atoms with van der Waals surface area (Å²) in [5.74, 6) is 1.37. The molecule has 1 aromatic heterocycles. The van der Waals surface area contributed by atoms with E-state index in [1.807, 2.05) is 22.9 Å². The van der Waals surface area contributed by atoms with E-state index in [0.29, 0.717) is 17.3 Å². The second-order valence-corrected chi connectivity index (χ2v) is 5.19. The molecule has 2 aromatic rings. The molecule has 0 unspecified atom stereocenters. The second kappa shape index (κ2) is 4.22. The molecule has 3 rings (SSSR count). The van der Waals surface area contributed by atoms with E-state index in [-0.39, 0.29) is 5.54 Å². The highest BCUT2D eigenvalue weighted by molar-refractivity contribution is 5.77. The van der Waals surface area contributed by atoms with Crippen LogP contribution in [0.1, 0.15) is 26.2 Å². The van der Waals surface area contributed by atoms with E-state index in [9.17, 15) is 0 Å². The number of nitrogens with two attached hydrogens (primary N) is 1. The first kappa shape index (κ1) is 12.0. The summed E-state index contributed by atoms with van der Waals surface area (Å²) < 4.78 is 7.26. The number of ether oxygens (including phenoxy) is 1. The number of methoxy groups -OCH3 is 1. The van der Waals surface area contributed by atoms with E-state index < -0.39 is 0 Å². The lowest BCUT2D eigenvalue weighted by atomic mass is 9.78. The summed E-state index contributed by atoms with van der Waals surface area (Å²) in [5.41, 5.74) is 7.45. The van der Waals surface area contributed by atoms with Crippen LogP contribution < -0.4 is 10.5 Å². The maximum Gasteiger partial charge on any atom is 0.188 e. The molecule has 1 aromatic carbocycles. The molecule has 100 valence electrons. The molecule has 2 N–H and O–H groups in total. The molecule has 0 radical (unpaired) electrons. The number of hydrogen-bond acceptors (Lipinski definition) is 5. The van der Waals surface area contributed by atoms with E-state index in [1.165, 1.54) is 6.42 Å². The zero-order valence-electron chi connectivity index (χ0n) is 11.1. The number of aromatic nitrogens is 4. The van der Waals surface area contributed by atoms with Crippen LogP contribution >= 0.6 is 0 Å². The van der Waals surface area contributed by atoms with Gasteiger partial charge in [-0.1, -0.05) is 6.07 Å². The molecule has 1 heterocycles. The van der Waals surface area contributed by atoms with E-state index in [4.69, 9.17) is 10.5 Å². The number of rotatable bonds is 3. The van der Waals surface area contributed by atoms with Crippen molar-refractivity contribution >= 4 is 5.69 Å². The van der Waals surface area contributed by atoms with Gasteiger partial charge in [0.15, 0.2) is 5.82 Å². The normalized spacial score (nSPS) is 16.9. The first-order valence-electron chi connectivity index (χ1n) is 6.37. The average Bonchev–Trinajstić information content (AvgIpc) is 2.84. The number of nitrogen functional groups attached to an aromatic ring is 1. The third kappa shape index (κ3) is 1.75. The van der Waals surface area contributed by atoms with Crippen LogP contribution in [0.15, 0.2) is 18.2 Å². The van der Waals surface area contributed by atoms with E-state index >= 15 is 0 Å². The quantitative estimate of drug-likeness (QED) is 0.851. The minimum Gasteiger partial charge on any atom is -0.496 e. The number of nitrogens with zero attached hydrogens (tertiary/aromatic N) is 4. The Kier molecular flexibility index (Phi) is 2.66. The van der Waals surface area contributed by atoms with Crippen LogP contribution in [-0.4, -0.2) is 27.3 Å². The maximum absolute atomic E-state index is 6.07. The average molecular weight is 259 g/mol. The Morgan fingerprint density at radius 1 is 1.37 bits per heavy atom. The number of benzene rings is 1. The summed E-state index contributed by atoms with van der Waals surface area (Å²) in [6.07, 6.45) is 3.37. The summed E-state index contributed by atoms with van der Waals surface area (Å²) in [6.45, 7) is 2.17. The third-order valence-corrected chi connectivity index (χ3v) is 3.91. The fourth-order valence-electron chi connectivity index (χ4n) is 2.56. The molecule has 0 atom stereocenters. The number of tetrazole rings is 1. The Balaban J connectivity index is 2.16. The first-order valence-corrected chi connectivity index (χ1v) is 6.37. The monoisotopic (exact) mass is 259 g/mol. The van der Waals surface area contributed by atoms with Gasteiger partial charge in [0.25, 0.3) is 0 Å². The lowest BCUT2D eigenvalue weighted by Crippen LogP contribution is -2.38. The summed E-state index contributed by atoms with van der Waals surface area (Å²) in [5, 5.41) is 12.1. The van der Waals surface area contributed by atoms with Gasteiger partial charge in [-0.15, -0.1) is 5.10 Å². The molecule has 1 aliphatic rings. The Hall–Kier alpha value is -2.11. The first-order chi connectivity index (χ1) is 9.15. The minimum absolute atomic E-state index is 0.00781. The van der Waals surface area contributed by atoms with Gasteiger partial charge >= 0.3 is 0 Å². The van der Waals surface area contributed by atoms with Crippen molar-refractivity contribution in [3.8, 4) is 17.1 Å². The molecule has 1 aliphatic carbocycles. The number of hydrogen-bond donors (Lipinski definition) is 1. The second-order valence-electron chi connectivity index (χ2n) is 5.19. The van der Waals surface area contributed by atoms with E-state index in [1.54, 1.807) is 7.11 Å². The molecular formula is C13H17N5O. The van der Waals surface area contributed by atoms with Crippen LogP contribution in [0, 0.1) is 0 Å². The van der Waals surface area contributed by atoms with Crippen molar-refractivity contribution in [3.63, 3.8) is 0 Å². The smallest absolute Gasteiger partial charge is 0.188 e. The van der Waals surface area contributed by atoms with Gasteiger partial charge in [0.1, 0.15) is 5.75 Å². The van der Waals surface area contributed by atoms with Crippen molar-refractivity contribution in [1.29, 1.82) is 0 Å². The molecular weight excluding hydrogens is 242 g/mol. The predicted octanol–water partition coefficient (Wildman–Crippen LogP) is 1.83. The molecule has 1 saturated carbocycles. The molecule has 0 saturated heterocycles. The largest absolute Gasteiger partial charge is 0.496 e. The van der Waals surface area contributed by atoms with Gasteiger partial charge < -0.3 is 10.5 Å². The van der Waals surface area contributed by atoms with Crippen molar-refractivity contribution < 1.29 is 4.74 Å². The molecule has 6 nitrogen and oxygen atoms in total. The van der Waals surface area contributed by atoms with E-state index in [0.717, 1.165) is 18.4 Å². The lowest BCUT2D eigenvalue weighted by Gasteiger charge is -2.38. The standard InChI is InChI=1S/C13H17N5O/c1-13(7-4-8-13)18-12(15-16-17-18)11-9(14)5-3-6-10(11)19-2/h3,5-6H,4,7-8,14H2,1-2H3. The van der Waals surface area contributed by atoms with Crippen LogP contribution in [0.2, 0.25) is 0 Å². The highest BCUT2D eigenvalue weighted by Crippen LogP contribution is 2.42. The molecule has 0 amide bonds. The van der Waals surface area contributed by atoms with Crippen LogP contribution in [0.3, 0.4) is 0 Å². The van der Waals surface area contributed by atoms with Gasteiger partial charge in [0, 0.05) is 5.69 Å². The third-order valence-electron chi connectivity index (χ3n) is 3.91. The fourth-order valence-corrected chi connectivity index (χ4v) is 2.56. The van der Waals surface area contributed by atoms with Crippen molar-refractivity contribution in [2.24, 2.45) is 0 Å². The predicted molar refractivity (Wildman–Crippen MR) is 71.7 cm³/mol. The van der Waals surface area contributed by atoms with Gasteiger partial charge in [0.2, 0.25) is 0 Å². The minimum atomic E-state index is -0.00781. The van der Waals surface area contributed by atoms with Crippen LogP contribution in [-0.2, 0) is 5.54 Å². The van der Waals surface area contributed by atoms with Gasteiger partial charge in [-0.25, -0.2) is 4.68 Å². The Labute approximate surface area is 111 Å². The van der Waals surface area contributed by atoms with Crippen LogP contribution in [0.25, 0.3) is 11.4 Å². The van der Waals surface area contributed by atoms with Gasteiger partial charge in [0.05, 0.1) is 18.2 Å². The van der Waals surface area contributed by atoms with Crippen LogP contribution in [0.4, 0.5) is 5.69 Å². The van der Waals surface area contributed by atoms with Crippen molar-refractivity contribution in [3.05, 3.63) is 18.2 Å². The highest BCUT2D eigenvalue weighted by Gasteiger charge is 2.38. The van der Waals surface area contributed by atoms with Gasteiger partial charge in [-0.05, 0) is 48.7 Å². The zero-order chi connectivity index (χ0) is 13.5. The van der Waals surface area contributed by atoms with Gasteiger partial charge in [-0.3, -0.25) is 0 Å². The summed E-state index contributed by atoms with van der Waals surface area (Å²) in [4.78, 5) is 0. The highest BCUT2D eigenvalue weighted by atomic mass is 16.5. The van der Waals surface area contributed by atoms with Crippen molar-refractivity contribution in [1.82, 2.24) is 20.2 Å². The van der Waals surface area contributed by atoms with Crippen molar-refractivity contribution in [2.75, 3.05) is 12.8 Å². The Morgan fingerprint density at radius 2 is 2.16 bits per heavy atom. The number of anilines is 1. The Morgan fingerprint density at radius 3 is 2.79 bits per heavy atom. The van der Waals surface area contributed by atoms with Crippen LogP contribution in [0.5, 0.6) is 5.75 Å². The zero-order valence-corrected chi connectivity index (χ0v) is 11.1. The lowest BCUT2D eigenvalue weighted by molar-refractivity contribution is 0.148.